The van der Waals surface area contributed by atoms with E-state index in [9.17, 15) is 4.79 Å². The summed E-state index contributed by atoms with van der Waals surface area (Å²) in [6.45, 7) is 10.0. The van der Waals surface area contributed by atoms with E-state index in [4.69, 9.17) is 14.7 Å². The summed E-state index contributed by atoms with van der Waals surface area (Å²) in [6.07, 6.45) is 4.72. The molecule has 0 spiro atoms. The van der Waals surface area contributed by atoms with E-state index in [0.717, 1.165) is 74.8 Å². The lowest BCUT2D eigenvalue weighted by molar-refractivity contribution is 0.0767. The van der Waals surface area contributed by atoms with Gasteiger partial charge >= 0.3 is 0 Å². The minimum absolute atomic E-state index is 0.0783. The Morgan fingerprint density at radius 2 is 1.72 bits per heavy atom. The standard InChI is InChI=1S/C30H38N4O2/c1-4-6-21-36-26-15-13-25(14-16-26)30(35)34-18-10-17-33(19-20-34)29-27(22-24-11-8-7-9-12-24)28(5-2)31-23(3)32-29/h7-9,11-16H,4-6,10,17-22H2,1-3H3. The lowest BCUT2D eigenvalue weighted by Crippen LogP contribution is -2.35. The van der Waals surface area contributed by atoms with Crippen molar-refractivity contribution in [2.24, 2.45) is 0 Å². The van der Waals surface area contributed by atoms with Crippen LogP contribution in [0.1, 0.15) is 66.1 Å². The highest BCUT2D eigenvalue weighted by Gasteiger charge is 2.24. The highest BCUT2D eigenvalue weighted by Crippen LogP contribution is 2.26. The summed E-state index contributed by atoms with van der Waals surface area (Å²) in [5.41, 5.74) is 4.28. The number of hydrogen-bond acceptors (Lipinski definition) is 5. The van der Waals surface area contributed by atoms with Crippen LogP contribution in [0.4, 0.5) is 5.82 Å². The van der Waals surface area contributed by atoms with Gasteiger partial charge < -0.3 is 14.5 Å². The van der Waals surface area contributed by atoms with Gasteiger partial charge in [-0.05, 0) is 56.0 Å². The SMILES string of the molecule is CCCCOc1ccc(C(=O)N2CCCN(c3nc(C)nc(CC)c3Cc3ccccc3)CC2)cc1. The Bertz CT molecular complexity index is 1130. The predicted octanol–water partition coefficient (Wildman–Crippen LogP) is 5.47. The van der Waals surface area contributed by atoms with Gasteiger partial charge in [0.05, 0.1) is 6.61 Å². The van der Waals surface area contributed by atoms with Gasteiger partial charge in [0.25, 0.3) is 5.91 Å². The first-order chi connectivity index (χ1) is 17.6. The van der Waals surface area contributed by atoms with Crippen molar-refractivity contribution in [1.29, 1.82) is 0 Å². The number of nitrogens with zero attached hydrogens (tertiary/aromatic N) is 4. The molecule has 1 aromatic heterocycles. The summed E-state index contributed by atoms with van der Waals surface area (Å²) in [6, 6.07) is 18.1. The fraction of sp³-hybridized carbons (Fsp3) is 0.433. The van der Waals surface area contributed by atoms with Crippen LogP contribution in [0.25, 0.3) is 0 Å². The summed E-state index contributed by atoms with van der Waals surface area (Å²) in [5.74, 6) is 2.72. The topological polar surface area (TPSA) is 58.6 Å². The van der Waals surface area contributed by atoms with Gasteiger partial charge in [0.1, 0.15) is 17.4 Å². The maximum absolute atomic E-state index is 13.3. The first-order valence-corrected chi connectivity index (χ1v) is 13.3. The Morgan fingerprint density at radius 3 is 2.44 bits per heavy atom. The predicted molar refractivity (Wildman–Crippen MR) is 145 cm³/mol. The van der Waals surface area contributed by atoms with E-state index in [2.05, 4.69) is 43.0 Å². The molecule has 0 aliphatic carbocycles. The Hall–Kier alpha value is -3.41. The number of hydrogen-bond donors (Lipinski definition) is 0. The molecule has 0 bridgehead atoms. The molecule has 2 aromatic carbocycles. The Morgan fingerprint density at radius 1 is 0.944 bits per heavy atom. The maximum Gasteiger partial charge on any atom is 0.253 e. The zero-order chi connectivity index (χ0) is 25.3. The van der Waals surface area contributed by atoms with Crippen molar-refractivity contribution < 1.29 is 9.53 Å². The van der Waals surface area contributed by atoms with Crippen molar-refractivity contribution in [2.45, 2.75) is 52.9 Å². The third-order valence-corrected chi connectivity index (χ3v) is 6.69. The van der Waals surface area contributed by atoms with Crippen LogP contribution in [0, 0.1) is 6.92 Å². The highest BCUT2D eigenvalue weighted by molar-refractivity contribution is 5.94. The zero-order valence-corrected chi connectivity index (χ0v) is 21.9. The summed E-state index contributed by atoms with van der Waals surface area (Å²) in [4.78, 5) is 27.3. The summed E-state index contributed by atoms with van der Waals surface area (Å²) in [7, 11) is 0. The van der Waals surface area contributed by atoms with Gasteiger partial charge in [-0.3, -0.25) is 4.79 Å². The summed E-state index contributed by atoms with van der Waals surface area (Å²) >= 11 is 0. The number of ether oxygens (including phenoxy) is 1. The van der Waals surface area contributed by atoms with Crippen LogP contribution in [-0.4, -0.2) is 53.6 Å². The van der Waals surface area contributed by atoms with Gasteiger partial charge in [-0.1, -0.05) is 50.6 Å². The summed E-state index contributed by atoms with van der Waals surface area (Å²) in [5, 5.41) is 0. The highest BCUT2D eigenvalue weighted by atomic mass is 16.5. The quantitative estimate of drug-likeness (QED) is 0.376. The molecule has 0 unspecified atom stereocenters. The van der Waals surface area contributed by atoms with Gasteiger partial charge in [-0.15, -0.1) is 0 Å². The third kappa shape index (κ3) is 6.42. The monoisotopic (exact) mass is 486 g/mol. The number of aryl methyl sites for hydroxylation is 2. The van der Waals surface area contributed by atoms with Crippen LogP contribution >= 0.6 is 0 Å². The van der Waals surface area contributed by atoms with E-state index >= 15 is 0 Å². The smallest absolute Gasteiger partial charge is 0.253 e. The van der Waals surface area contributed by atoms with E-state index in [1.807, 2.05) is 42.2 Å². The van der Waals surface area contributed by atoms with Crippen molar-refractivity contribution in [3.8, 4) is 5.75 Å². The molecular weight excluding hydrogens is 448 g/mol. The summed E-state index contributed by atoms with van der Waals surface area (Å²) < 4.78 is 5.75. The van der Waals surface area contributed by atoms with Gasteiger partial charge in [0.2, 0.25) is 0 Å². The average molecular weight is 487 g/mol. The van der Waals surface area contributed by atoms with Crippen molar-refractivity contribution in [3.63, 3.8) is 0 Å². The van der Waals surface area contributed by atoms with Crippen molar-refractivity contribution in [2.75, 3.05) is 37.7 Å². The molecule has 1 fully saturated rings. The van der Waals surface area contributed by atoms with Crippen LogP contribution in [0.5, 0.6) is 5.75 Å². The van der Waals surface area contributed by atoms with Crippen molar-refractivity contribution >= 4 is 11.7 Å². The van der Waals surface area contributed by atoms with E-state index < -0.39 is 0 Å². The first kappa shape index (κ1) is 25.7. The lowest BCUT2D eigenvalue weighted by Gasteiger charge is -2.26. The van der Waals surface area contributed by atoms with Crippen LogP contribution in [0.3, 0.4) is 0 Å². The molecular formula is C30H38N4O2. The number of amides is 1. The second-order valence-corrected chi connectivity index (χ2v) is 9.39. The average Bonchev–Trinajstić information content (AvgIpc) is 3.16. The second-order valence-electron chi connectivity index (χ2n) is 9.39. The van der Waals surface area contributed by atoms with E-state index in [-0.39, 0.29) is 5.91 Å². The molecule has 3 aromatic rings. The number of rotatable bonds is 9. The maximum atomic E-state index is 13.3. The number of unbranched alkanes of at least 4 members (excludes halogenated alkanes) is 1. The molecule has 190 valence electrons. The molecule has 0 atom stereocenters. The van der Waals surface area contributed by atoms with Crippen LogP contribution < -0.4 is 9.64 Å². The number of carbonyl (C=O) groups is 1. The number of carbonyl (C=O) groups excluding carboxylic acids is 1. The molecule has 36 heavy (non-hydrogen) atoms. The largest absolute Gasteiger partial charge is 0.494 e. The minimum atomic E-state index is 0.0783. The van der Waals surface area contributed by atoms with E-state index in [1.165, 1.54) is 11.1 Å². The second kappa shape index (κ2) is 12.5. The van der Waals surface area contributed by atoms with E-state index in [0.29, 0.717) is 18.7 Å². The molecule has 6 nitrogen and oxygen atoms in total. The number of benzene rings is 2. The number of anilines is 1. The van der Waals surface area contributed by atoms with Crippen LogP contribution in [-0.2, 0) is 12.8 Å². The molecule has 0 N–H and O–H groups in total. The zero-order valence-electron chi connectivity index (χ0n) is 21.9. The molecule has 2 heterocycles. The molecule has 1 amide bonds. The third-order valence-electron chi connectivity index (χ3n) is 6.69. The number of aromatic nitrogens is 2. The Labute approximate surface area is 215 Å². The van der Waals surface area contributed by atoms with Gasteiger partial charge in [0, 0.05) is 49.4 Å². The van der Waals surface area contributed by atoms with Gasteiger partial charge in [-0.25, -0.2) is 9.97 Å². The molecule has 1 aliphatic rings. The minimum Gasteiger partial charge on any atom is -0.494 e. The fourth-order valence-corrected chi connectivity index (χ4v) is 4.72. The van der Waals surface area contributed by atoms with Crippen molar-refractivity contribution in [1.82, 2.24) is 14.9 Å². The first-order valence-electron chi connectivity index (χ1n) is 13.3. The lowest BCUT2D eigenvalue weighted by atomic mass is 10.0. The molecule has 1 aliphatic heterocycles. The molecule has 4 rings (SSSR count). The Balaban J connectivity index is 1.48. The molecule has 1 saturated heterocycles. The fourth-order valence-electron chi connectivity index (χ4n) is 4.72. The van der Waals surface area contributed by atoms with E-state index in [1.54, 1.807) is 0 Å². The van der Waals surface area contributed by atoms with Crippen molar-refractivity contribution in [3.05, 3.63) is 82.8 Å². The van der Waals surface area contributed by atoms with Crippen LogP contribution in [0.2, 0.25) is 0 Å². The molecule has 0 radical (unpaired) electrons. The molecule has 6 heteroatoms. The van der Waals surface area contributed by atoms with Gasteiger partial charge in [-0.2, -0.15) is 0 Å². The normalized spacial score (nSPS) is 14.0. The Kier molecular flexibility index (Phi) is 8.93. The van der Waals surface area contributed by atoms with Crippen LogP contribution in [0.15, 0.2) is 54.6 Å². The molecule has 0 saturated carbocycles. The van der Waals surface area contributed by atoms with Gasteiger partial charge in [0.15, 0.2) is 0 Å².